The van der Waals surface area contributed by atoms with Crippen LogP contribution in [0.2, 0.25) is 0 Å². The van der Waals surface area contributed by atoms with Crippen LogP contribution >= 0.6 is 0 Å². The van der Waals surface area contributed by atoms with Gasteiger partial charge in [-0.3, -0.25) is 0 Å². The second kappa shape index (κ2) is 8.72. The van der Waals surface area contributed by atoms with Crippen LogP contribution in [0.1, 0.15) is 101 Å². The van der Waals surface area contributed by atoms with E-state index >= 15 is 0 Å². The molecule has 0 N–H and O–H groups in total. The van der Waals surface area contributed by atoms with Crippen LogP contribution in [0.25, 0.3) is 0 Å². The smallest absolute Gasteiger partial charge is 0.339 e. The Morgan fingerprint density at radius 1 is 0.733 bits per heavy atom. The number of ether oxygens (including phenoxy) is 2. The average molecular weight is 415 g/mol. The molecule has 0 unspecified atom stereocenters. The van der Waals surface area contributed by atoms with Crippen LogP contribution in [-0.2, 0) is 9.47 Å². The third-order valence-electron chi connectivity index (χ3n) is 6.61. The van der Waals surface area contributed by atoms with Crippen molar-refractivity contribution < 1.29 is 19.1 Å². The second-order valence-electron chi connectivity index (χ2n) is 11.4. The number of carbonyl (C=O) groups excluding carboxylic acids is 2. The number of esters is 2. The summed E-state index contributed by atoms with van der Waals surface area (Å²) in [6.45, 7) is 13.3. The molecule has 0 saturated heterocycles. The molecule has 2 fully saturated rings. The van der Waals surface area contributed by atoms with Crippen LogP contribution in [0.3, 0.4) is 0 Å². The van der Waals surface area contributed by atoms with E-state index in [0.717, 1.165) is 38.5 Å². The summed E-state index contributed by atoms with van der Waals surface area (Å²) in [5.74, 6) is 0.191. The molecule has 0 aliphatic heterocycles. The lowest BCUT2D eigenvalue weighted by atomic mass is 9.71. The topological polar surface area (TPSA) is 52.6 Å². The summed E-state index contributed by atoms with van der Waals surface area (Å²) >= 11 is 0. The van der Waals surface area contributed by atoms with E-state index in [-0.39, 0.29) is 23.0 Å². The number of hydrogen-bond donors (Lipinski definition) is 0. The molecule has 0 radical (unpaired) electrons. The van der Waals surface area contributed by atoms with Gasteiger partial charge in [0.15, 0.2) is 0 Å². The molecule has 3 rings (SSSR count). The highest BCUT2D eigenvalue weighted by molar-refractivity contribution is 6.03. The van der Waals surface area contributed by atoms with E-state index in [1.807, 2.05) is 0 Å². The minimum Gasteiger partial charge on any atom is -0.459 e. The van der Waals surface area contributed by atoms with Gasteiger partial charge in [-0.25, -0.2) is 9.59 Å². The molecule has 2 saturated carbocycles. The van der Waals surface area contributed by atoms with Crippen LogP contribution in [0.4, 0.5) is 0 Å². The van der Waals surface area contributed by atoms with Crippen molar-refractivity contribution in [2.45, 2.75) is 92.3 Å². The number of benzene rings is 1. The Morgan fingerprint density at radius 3 is 1.43 bits per heavy atom. The summed E-state index contributed by atoms with van der Waals surface area (Å²) < 4.78 is 11.7. The molecule has 4 atom stereocenters. The quantitative estimate of drug-likeness (QED) is 0.533. The summed E-state index contributed by atoms with van der Waals surface area (Å²) in [5, 5.41) is 0. The zero-order valence-electron chi connectivity index (χ0n) is 19.5. The summed E-state index contributed by atoms with van der Waals surface area (Å²) in [5.41, 5.74) is 0.931. The highest BCUT2D eigenvalue weighted by atomic mass is 16.6. The molecule has 4 nitrogen and oxygen atoms in total. The fourth-order valence-corrected chi connectivity index (χ4v) is 5.97. The zero-order valence-corrected chi connectivity index (χ0v) is 19.5. The molecule has 4 heteroatoms. The van der Waals surface area contributed by atoms with Gasteiger partial charge in [0.1, 0.15) is 12.2 Å². The molecule has 1 aromatic rings. The minimum atomic E-state index is -0.421. The monoisotopic (exact) mass is 414 g/mol. The van der Waals surface area contributed by atoms with Gasteiger partial charge in [-0.05, 0) is 73.3 Å². The molecule has 1 aromatic carbocycles. The van der Waals surface area contributed by atoms with Crippen molar-refractivity contribution >= 4 is 11.9 Å². The highest BCUT2D eigenvalue weighted by Crippen LogP contribution is 2.41. The fourth-order valence-electron chi connectivity index (χ4n) is 5.97. The van der Waals surface area contributed by atoms with E-state index in [9.17, 15) is 9.59 Å². The Labute approximate surface area is 181 Å². The molecule has 0 bridgehead atoms. The van der Waals surface area contributed by atoms with Gasteiger partial charge < -0.3 is 9.47 Å². The van der Waals surface area contributed by atoms with Crippen LogP contribution in [0.15, 0.2) is 24.3 Å². The first-order valence-electron chi connectivity index (χ1n) is 11.5. The van der Waals surface area contributed by atoms with E-state index in [1.165, 1.54) is 0 Å². The maximum Gasteiger partial charge on any atom is 0.339 e. The zero-order chi connectivity index (χ0) is 22.1. The second-order valence-corrected chi connectivity index (χ2v) is 11.4. The van der Waals surface area contributed by atoms with Gasteiger partial charge in [0.25, 0.3) is 0 Å². The highest BCUT2D eigenvalue weighted by Gasteiger charge is 2.36. The lowest BCUT2D eigenvalue weighted by Crippen LogP contribution is -2.35. The number of carbonyl (C=O) groups is 2. The molecule has 0 aromatic heterocycles. The van der Waals surface area contributed by atoms with Gasteiger partial charge in [0, 0.05) is 0 Å². The Hall–Kier alpha value is -1.84. The molecular formula is C26H38O4. The third-order valence-corrected chi connectivity index (χ3v) is 6.61. The lowest BCUT2D eigenvalue weighted by Gasteiger charge is -2.38. The number of hydrogen-bond acceptors (Lipinski definition) is 4. The van der Waals surface area contributed by atoms with Gasteiger partial charge in [0.05, 0.1) is 11.1 Å². The van der Waals surface area contributed by atoms with Crippen LogP contribution in [0.5, 0.6) is 0 Å². The summed E-state index contributed by atoms with van der Waals surface area (Å²) in [4.78, 5) is 25.9. The van der Waals surface area contributed by atoms with E-state index < -0.39 is 11.9 Å². The molecule has 0 amide bonds. The normalized spacial score (nSPS) is 30.3. The van der Waals surface area contributed by atoms with Crippen LogP contribution < -0.4 is 0 Å². The van der Waals surface area contributed by atoms with Gasteiger partial charge in [-0.1, -0.05) is 53.7 Å². The van der Waals surface area contributed by atoms with Gasteiger partial charge >= 0.3 is 11.9 Å². The first kappa shape index (κ1) is 22.8. The summed E-state index contributed by atoms with van der Waals surface area (Å²) in [6, 6.07) is 6.88. The van der Waals surface area contributed by atoms with Crippen LogP contribution in [0, 0.1) is 22.7 Å². The SMILES string of the molecule is C[C@H]1C[C@@H](OC(=O)c2ccccc2C(=O)O[C@H]2C[C@H](C)CC(C)(C)C2)CC(C)(C)C1. The van der Waals surface area contributed by atoms with E-state index in [2.05, 4.69) is 41.5 Å². The van der Waals surface area contributed by atoms with Crippen molar-refractivity contribution in [3.8, 4) is 0 Å². The largest absolute Gasteiger partial charge is 0.459 e. The summed E-state index contributed by atoms with van der Waals surface area (Å²) in [6.07, 6.45) is 5.50. The van der Waals surface area contributed by atoms with E-state index in [4.69, 9.17) is 9.47 Å². The van der Waals surface area contributed by atoms with Crippen molar-refractivity contribution in [2.24, 2.45) is 22.7 Å². The number of rotatable bonds is 4. The van der Waals surface area contributed by atoms with Gasteiger partial charge in [0.2, 0.25) is 0 Å². The molecule has 166 valence electrons. The van der Waals surface area contributed by atoms with Crippen molar-refractivity contribution in [3.63, 3.8) is 0 Å². The maximum absolute atomic E-state index is 13.0. The van der Waals surface area contributed by atoms with E-state index in [0.29, 0.717) is 23.0 Å². The van der Waals surface area contributed by atoms with Crippen molar-refractivity contribution in [3.05, 3.63) is 35.4 Å². The van der Waals surface area contributed by atoms with Crippen molar-refractivity contribution in [2.75, 3.05) is 0 Å². The predicted octanol–water partition coefficient (Wildman–Crippen LogP) is 6.43. The molecule has 2 aliphatic rings. The minimum absolute atomic E-state index is 0.111. The maximum atomic E-state index is 13.0. The summed E-state index contributed by atoms with van der Waals surface area (Å²) in [7, 11) is 0. The Bertz CT molecular complexity index is 714. The van der Waals surface area contributed by atoms with Crippen molar-refractivity contribution in [1.82, 2.24) is 0 Å². The van der Waals surface area contributed by atoms with Gasteiger partial charge in [-0.15, -0.1) is 0 Å². The molecule has 2 aliphatic carbocycles. The first-order chi connectivity index (χ1) is 13.9. The Balaban J connectivity index is 1.70. The Kier molecular flexibility index (Phi) is 6.64. The molecule has 30 heavy (non-hydrogen) atoms. The van der Waals surface area contributed by atoms with Crippen molar-refractivity contribution in [1.29, 1.82) is 0 Å². The predicted molar refractivity (Wildman–Crippen MR) is 118 cm³/mol. The molecular weight excluding hydrogens is 376 g/mol. The van der Waals surface area contributed by atoms with Crippen LogP contribution in [-0.4, -0.2) is 24.1 Å². The standard InChI is InChI=1S/C26H38O4/c1-17-11-19(15-25(3,4)13-17)29-23(27)21-9-7-8-10-22(21)24(28)30-20-12-18(2)14-26(5,6)16-20/h7-10,17-20H,11-16H2,1-6H3/t17-,18-,19-,20+/m0/s1. The third kappa shape index (κ3) is 5.86. The molecule has 0 spiro atoms. The fraction of sp³-hybridized carbons (Fsp3) is 0.692. The van der Waals surface area contributed by atoms with Gasteiger partial charge in [-0.2, -0.15) is 0 Å². The first-order valence-corrected chi connectivity index (χ1v) is 11.5. The van der Waals surface area contributed by atoms with E-state index in [1.54, 1.807) is 24.3 Å². The Morgan fingerprint density at radius 2 is 1.10 bits per heavy atom. The average Bonchev–Trinajstić information content (AvgIpc) is 2.58. The lowest BCUT2D eigenvalue weighted by molar-refractivity contribution is -0.0112. The molecule has 0 heterocycles.